The van der Waals surface area contributed by atoms with Crippen LogP contribution in [0.2, 0.25) is 0 Å². The Labute approximate surface area is 129 Å². The van der Waals surface area contributed by atoms with Crippen molar-refractivity contribution in [1.29, 1.82) is 0 Å². The second-order valence-corrected chi connectivity index (χ2v) is 5.92. The van der Waals surface area contributed by atoms with Crippen LogP contribution in [-0.2, 0) is 0 Å². The number of nitrogens with one attached hydrogen (secondary N) is 1. The van der Waals surface area contributed by atoms with E-state index in [1.165, 1.54) is 10.6 Å². The van der Waals surface area contributed by atoms with Crippen LogP contribution in [0, 0.1) is 0 Å². The number of aliphatic hydroxyl groups is 1. The summed E-state index contributed by atoms with van der Waals surface area (Å²) in [7, 11) is 0. The van der Waals surface area contributed by atoms with Gasteiger partial charge >= 0.3 is 0 Å². The SMILES string of the molecule is C[C@H](n1cnc(-c2ccccc2)cc1=O)C1(O)CCNCC1. The lowest BCUT2D eigenvalue weighted by atomic mass is 9.85. The highest BCUT2D eigenvalue weighted by atomic mass is 16.3. The minimum absolute atomic E-state index is 0.131. The number of benzene rings is 1. The topological polar surface area (TPSA) is 67.2 Å². The van der Waals surface area contributed by atoms with Crippen LogP contribution in [0.5, 0.6) is 0 Å². The minimum atomic E-state index is -0.856. The molecule has 3 rings (SSSR count). The first-order valence-corrected chi connectivity index (χ1v) is 7.67. The van der Waals surface area contributed by atoms with Gasteiger partial charge in [0.05, 0.1) is 23.7 Å². The first-order chi connectivity index (χ1) is 10.6. The van der Waals surface area contributed by atoms with Crippen molar-refractivity contribution >= 4 is 0 Å². The van der Waals surface area contributed by atoms with Crippen LogP contribution in [0.1, 0.15) is 25.8 Å². The molecule has 0 amide bonds. The van der Waals surface area contributed by atoms with Crippen molar-refractivity contribution in [3.8, 4) is 11.3 Å². The molecule has 2 aromatic rings. The third-order valence-corrected chi connectivity index (χ3v) is 4.57. The van der Waals surface area contributed by atoms with E-state index < -0.39 is 5.60 Å². The fourth-order valence-corrected chi connectivity index (χ4v) is 3.00. The summed E-state index contributed by atoms with van der Waals surface area (Å²) in [5, 5.41) is 14.0. The molecule has 5 nitrogen and oxygen atoms in total. The molecule has 2 N–H and O–H groups in total. The summed E-state index contributed by atoms with van der Waals surface area (Å²) < 4.78 is 1.54. The zero-order chi connectivity index (χ0) is 15.6. The zero-order valence-corrected chi connectivity index (χ0v) is 12.7. The predicted molar refractivity (Wildman–Crippen MR) is 85.7 cm³/mol. The van der Waals surface area contributed by atoms with Gasteiger partial charge in [-0.1, -0.05) is 30.3 Å². The molecule has 2 heterocycles. The van der Waals surface area contributed by atoms with Gasteiger partial charge in [-0.2, -0.15) is 0 Å². The van der Waals surface area contributed by atoms with E-state index >= 15 is 0 Å². The lowest BCUT2D eigenvalue weighted by Crippen LogP contribution is -2.48. The Morgan fingerprint density at radius 2 is 1.95 bits per heavy atom. The molecule has 0 saturated carbocycles. The predicted octanol–water partition coefficient (Wildman–Crippen LogP) is 1.59. The number of nitrogens with zero attached hydrogens (tertiary/aromatic N) is 2. The summed E-state index contributed by atoms with van der Waals surface area (Å²) in [6, 6.07) is 10.9. The Morgan fingerprint density at radius 1 is 1.27 bits per heavy atom. The lowest BCUT2D eigenvalue weighted by molar-refractivity contribution is -0.0330. The quantitative estimate of drug-likeness (QED) is 0.903. The van der Waals surface area contributed by atoms with Gasteiger partial charge in [-0.3, -0.25) is 9.36 Å². The molecule has 1 saturated heterocycles. The summed E-state index contributed by atoms with van der Waals surface area (Å²) in [4.78, 5) is 16.8. The van der Waals surface area contributed by atoms with E-state index in [2.05, 4.69) is 10.3 Å². The molecule has 0 bridgehead atoms. The molecule has 0 unspecified atom stereocenters. The summed E-state index contributed by atoms with van der Waals surface area (Å²) >= 11 is 0. The molecule has 1 atom stereocenters. The highest BCUT2D eigenvalue weighted by Gasteiger charge is 2.36. The summed E-state index contributed by atoms with van der Waals surface area (Å²) in [6.45, 7) is 3.42. The van der Waals surface area contributed by atoms with Gasteiger partial charge in [0.25, 0.3) is 5.56 Å². The maximum atomic E-state index is 12.4. The smallest absolute Gasteiger partial charge is 0.254 e. The van der Waals surface area contributed by atoms with Crippen molar-refractivity contribution in [2.24, 2.45) is 0 Å². The molecule has 0 aliphatic carbocycles. The van der Waals surface area contributed by atoms with Crippen LogP contribution < -0.4 is 10.9 Å². The van der Waals surface area contributed by atoms with Gasteiger partial charge in [-0.25, -0.2) is 4.98 Å². The van der Waals surface area contributed by atoms with E-state index in [1.54, 1.807) is 6.33 Å². The molecule has 1 aromatic carbocycles. The number of piperidine rings is 1. The van der Waals surface area contributed by atoms with Crippen molar-refractivity contribution in [1.82, 2.24) is 14.9 Å². The van der Waals surface area contributed by atoms with Crippen LogP contribution in [0.25, 0.3) is 11.3 Å². The Balaban J connectivity index is 1.91. The minimum Gasteiger partial charge on any atom is -0.388 e. The zero-order valence-electron chi connectivity index (χ0n) is 12.7. The van der Waals surface area contributed by atoms with Crippen molar-refractivity contribution in [2.75, 3.05) is 13.1 Å². The lowest BCUT2D eigenvalue weighted by Gasteiger charge is -2.38. The Morgan fingerprint density at radius 3 is 2.59 bits per heavy atom. The maximum absolute atomic E-state index is 12.4. The van der Waals surface area contributed by atoms with Crippen molar-refractivity contribution < 1.29 is 5.11 Å². The van der Waals surface area contributed by atoms with E-state index in [1.807, 2.05) is 37.3 Å². The van der Waals surface area contributed by atoms with Gasteiger partial charge in [0.2, 0.25) is 0 Å². The van der Waals surface area contributed by atoms with Gasteiger partial charge in [0, 0.05) is 11.6 Å². The van der Waals surface area contributed by atoms with Crippen molar-refractivity contribution in [2.45, 2.75) is 31.4 Å². The molecular weight excluding hydrogens is 278 g/mol. The number of aromatic nitrogens is 2. The third-order valence-electron chi connectivity index (χ3n) is 4.57. The van der Waals surface area contributed by atoms with Gasteiger partial charge in [-0.05, 0) is 32.9 Å². The first-order valence-electron chi connectivity index (χ1n) is 7.67. The van der Waals surface area contributed by atoms with Crippen molar-refractivity contribution in [3.05, 3.63) is 53.1 Å². The van der Waals surface area contributed by atoms with E-state index in [-0.39, 0.29) is 11.6 Å². The second kappa shape index (κ2) is 6.02. The van der Waals surface area contributed by atoms with Gasteiger partial charge in [-0.15, -0.1) is 0 Å². The molecule has 116 valence electrons. The van der Waals surface area contributed by atoms with Crippen LogP contribution in [0.15, 0.2) is 47.5 Å². The van der Waals surface area contributed by atoms with E-state index in [9.17, 15) is 9.90 Å². The number of rotatable bonds is 3. The standard InChI is InChI=1S/C17H21N3O2/c1-13(17(22)7-9-18-10-8-17)20-12-19-15(11-16(20)21)14-5-3-2-4-6-14/h2-6,11-13,18,22H,7-10H2,1H3/t13-/m0/s1. The Hall–Kier alpha value is -1.98. The van der Waals surface area contributed by atoms with Crippen molar-refractivity contribution in [3.63, 3.8) is 0 Å². The Kier molecular flexibility index (Phi) is 4.09. The van der Waals surface area contributed by atoms with Crippen LogP contribution >= 0.6 is 0 Å². The Bertz CT molecular complexity index is 691. The first kappa shape index (κ1) is 14.9. The molecule has 1 aromatic heterocycles. The van der Waals surface area contributed by atoms with Crippen LogP contribution in [0.3, 0.4) is 0 Å². The molecule has 1 fully saturated rings. The van der Waals surface area contributed by atoms with E-state index in [0.29, 0.717) is 18.5 Å². The third kappa shape index (κ3) is 2.82. The fraction of sp³-hybridized carbons (Fsp3) is 0.412. The summed E-state index contributed by atoms with van der Waals surface area (Å²) in [5.74, 6) is 0. The molecule has 0 radical (unpaired) electrons. The maximum Gasteiger partial charge on any atom is 0.254 e. The number of hydrogen-bond donors (Lipinski definition) is 2. The van der Waals surface area contributed by atoms with E-state index in [4.69, 9.17) is 0 Å². The van der Waals surface area contributed by atoms with Crippen LogP contribution in [-0.4, -0.2) is 33.3 Å². The number of hydrogen-bond acceptors (Lipinski definition) is 4. The van der Waals surface area contributed by atoms with Gasteiger partial charge in [0.15, 0.2) is 0 Å². The summed E-state index contributed by atoms with van der Waals surface area (Å²) in [6.07, 6.45) is 2.83. The highest BCUT2D eigenvalue weighted by Crippen LogP contribution is 2.30. The average molecular weight is 299 g/mol. The molecule has 22 heavy (non-hydrogen) atoms. The molecular formula is C17H21N3O2. The molecule has 1 aliphatic heterocycles. The van der Waals surface area contributed by atoms with E-state index in [0.717, 1.165) is 18.7 Å². The summed E-state index contributed by atoms with van der Waals surface area (Å²) in [5.41, 5.74) is 0.588. The molecule has 0 spiro atoms. The highest BCUT2D eigenvalue weighted by molar-refractivity contribution is 5.57. The monoisotopic (exact) mass is 299 g/mol. The molecule has 5 heteroatoms. The second-order valence-electron chi connectivity index (χ2n) is 5.92. The molecule has 1 aliphatic rings. The normalized spacial score (nSPS) is 18.8. The van der Waals surface area contributed by atoms with Gasteiger partial charge < -0.3 is 10.4 Å². The fourth-order valence-electron chi connectivity index (χ4n) is 3.00. The van der Waals surface area contributed by atoms with Gasteiger partial charge in [0.1, 0.15) is 0 Å². The largest absolute Gasteiger partial charge is 0.388 e. The average Bonchev–Trinajstić information content (AvgIpc) is 2.56. The van der Waals surface area contributed by atoms with Crippen LogP contribution in [0.4, 0.5) is 0 Å².